The Morgan fingerprint density at radius 3 is 2.42 bits per heavy atom. The molecule has 2 aliphatic carbocycles. The molecule has 0 amide bonds. The Morgan fingerprint density at radius 2 is 1.68 bits per heavy atom. The van der Waals surface area contributed by atoms with E-state index in [4.69, 9.17) is 4.98 Å². The van der Waals surface area contributed by atoms with Crippen LogP contribution in [0.15, 0.2) is 53.7 Å². The minimum Gasteiger partial charge on any atom is -0.393 e. The molecule has 7 rings (SSSR count). The van der Waals surface area contributed by atoms with E-state index in [1.54, 1.807) is 0 Å². The number of aliphatic hydroxyl groups is 1. The number of nitrogens with one attached hydrogen (secondary N) is 1. The molecule has 208 valence electrons. The molecule has 4 aromatic rings. The molecule has 8 heteroatoms. The molecule has 0 spiro atoms. The second-order valence-corrected chi connectivity index (χ2v) is 12.1. The Labute approximate surface area is 234 Å². The third kappa shape index (κ3) is 5.22. The summed E-state index contributed by atoms with van der Waals surface area (Å²) in [5.41, 5.74) is 3.28. The Bertz CT molecular complexity index is 1550. The minimum atomic E-state index is -0.279. The molecule has 4 heterocycles. The van der Waals surface area contributed by atoms with Crippen LogP contribution in [-0.2, 0) is 6.54 Å². The molecule has 2 N–H and O–H groups in total. The van der Waals surface area contributed by atoms with Crippen molar-refractivity contribution in [1.82, 2.24) is 24.4 Å². The number of pyridine rings is 2. The van der Waals surface area contributed by atoms with Crippen LogP contribution in [0, 0.1) is 5.92 Å². The van der Waals surface area contributed by atoms with Gasteiger partial charge in [0.1, 0.15) is 5.65 Å². The van der Waals surface area contributed by atoms with Crippen LogP contribution in [0.25, 0.3) is 21.8 Å². The molecule has 0 atom stereocenters. The van der Waals surface area contributed by atoms with Gasteiger partial charge in [-0.3, -0.25) is 19.2 Å². The maximum Gasteiger partial charge on any atom is 0.260 e. The summed E-state index contributed by atoms with van der Waals surface area (Å²) in [6.45, 7) is 3.80. The van der Waals surface area contributed by atoms with Crippen molar-refractivity contribution in [1.29, 1.82) is 0 Å². The standard InChI is InChI=1S/C32H38N6O2/c39-26-6-4-25(5-7-26)38-30-29(19-35-32(36-30)34-18-21-1-2-21)27-8-3-22(17-28(27)31(38)40)20-37-15-11-24(12-16-37)23-9-13-33-14-10-23/h3,8-10,13-14,17,19,21,24-26,39H,1-2,4-7,11-12,15-16,18,20H2,(H,34,35,36). The average Bonchev–Trinajstić information content (AvgIpc) is 3.83. The van der Waals surface area contributed by atoms with Gasteiger partial charge in [-0.1, -0.05) is 12.1 Å². The number of likely N-dealkylation sites (tertiary alicyclic amines) is 1. The number of rotatable bonds is 7. The molecule has 2 saturated carbocycles. The van der Waals surface area contributed by atoms with Crippen LogP contribution in [0.5, 0.6) is 0 Å². The lowest BCUT2D eigenvalue weighted by Crippen LogP contribution is -2.32. The van der Waals surface area contributed by atoms with E-state index in [2.05, 4.69) is 50.5 Å². The molecular weight excluding hydrogens is 500 g/mol. The highest BCUT2D eigenvalue weighted by Crippen LogP contribution is 2.33. The summed E-state index contributed by atoms with van der Waals surface area (Å²) in [6, 6.07) is 10.7. The molecule has 0 radical (unpaired) electrons. The second-order valence-electron chi connectivity index (χ2n) is 12.1. The van der Waals surface area contributed by atoms with Crippen molar-refractivity contribution in [2.24, 2.45) is 5.92 Å². The fraction of sp³-hybridized carbons (Fsp3) is 0.500. The lowest BCUT2D eigenvalue weighted by Gasteiger charge is -2.32. The van der Waals surface area contributed by atoms with E-state index < -0.39 is 0 Å². The van der Waals surface area contributed by atoms with Crippen molar-refractivity contribution in [3.05, 3.63) is 70.4 Å². The zero-order chi connectivity index (χ0) is 27.1. The summed E-state index contributed by atoms with van der Waals surface area (Å²) in [7, 11) is 0. The molecule has 8 nitrogen and oxygen atoms in total. The Morgan fingerprint density at radius 1 is 0.900 bits per heavy atom. The van der Waals surface area contributed by atoms with Crippen molar-refractivity contribution in [3.8, 4) is 0 Å². The van der Waals surface area contributed by atoms with Crippen molar-refractivity contribution in [2.75, 3.05) is 25.0 Å². The number of nitrogens with zero attached hydrogens (tertiary/aromatic N) is 5. The summed E-state index contributed by atoms with van der Waals surface area (Å²) < 4.78 is 1.91. The number of hydrogen-bond acceptors (Lipinski definition) is 7. The number of aromatic nitrogens is 4. The number of aliphatic hydroxyl groups excluding tert-OH is 1. The summed E-state index contributed by atoms with van der Waals surface area (Å²) in [4.78, 5) is 30.4. The zero-order valence-corrected chi connectivity index (χ0v) is 23.0. The van der Waals surface area contributed by atoms with Gasteiger partial charge in [0.15, 0.2) is 0 Å². The van der Waals surface area contributed by atoms with Gasteiger partial charge in [-0.15, -0.1) is 0 Å². The summed E-state index contributed by atoms with van der Waals surface area (Å²) in [6.07, 6.45) is 13.2. The molecule has 1 aliphatic heterocycles. The van der Waals surface area contributed by atoms with E-state index in [1.807, 2.05) is 23.2 Å². The molecule has 0 bridgehead atoms. The number of fused-ring (bicyclic) bond motifs is 3. The first-order valence-corrected chi connectivity index (χ1v) is 15.0. The molecule has 40 heavy (non-hydrogen) atoms. The van der Waals surface area contributed by atoms with Gasteiger partial charge in [-0.2, -0.15) is 4.98 Å². The first-order valence-electron chi connectivity index (χ1n) is 15.0. The van der Waals surface area contributed by atoms with Crippen molar-refractivity contribution < 1.29 is 5.11 Å². The SMILES string of the molecule is O=c1c2cc(CN3CCC(c4ccncc4)CC3)ccc2c2cnc(NCC3CC3)nc2n1C1CCC(O)CC1. The molecule has 1 saturated heterocycles. The highest BCUT2D eigenvalue weighted by atomic mass is 16.3. The van der Waals surface area contributed by atoms with Gasteiger partial charge in [-0.25, -0.2) is 4.98 Å². The van der Waals surface area contributed by atoms with E-state index in [1.165, 1.54) is 24.0 Å². The lowest BCUT2D eigenvalue weighted by molar-refractivity contribution is 0.111. The molecule has 1 aromatic carbocycles. The van der Waals surface area contributed by atoms with Gasteiger partial charge in [0.25, 0.3) is 5.56 Å². The highest BCUT2D eigenvalue weighted by Gasteiger charge is 2.26. The van der Waals surface area contributed by atoms with E-state index in [-0.39, 0.29) is 17.7 Å². The van der Waals surface area contributed by atoms with Gasteiger partial charge < -0.3 is 10.4 Å². The number of benzene rings is 1. The maximum atomic E-state index is 14.2. The van der Waals surface area contributed by atoms with Crippen molar-refractivity contribution in [3.63, 3.8) is 0 Å². The fourth-order valence-corrected chi connectivity index (χ4v) is 6.69. The normalized spacial score (nSPS) is 22.6. The van der Waals surface area contributed by atoms with Crippen LogP contribution < -0.4 is 10.9 Å². The van der Waals surface area contributed by atoms with Gasteiger partial charge >= 0.3 is 0 Å². The zero-order valence-electron chi connectivity index (χ0n) is 23.0. The molecular formula is C32H38N6O2. The molecule has 3 fully saturated rings. The second kappa shape index (κ2) is 10.9. The first-order chi connectivity index (χ1) is 19.6. The molecule has 0 unspecified atom stereocenters. The van der Waals surface area contributed by atoms with Crippen LogP contribution in [0.3, 0.4) is 0 Å². The van der Waals surface area contributed by atoms with Crippen LogP contribution in [0.1, 0.15) is 74.5 Å². The molecule has 3 aromatic heterocycles. The fourth-order valence-electron chi connectivity index (χ4n) is 6.69. The predicted octanol–water partition coefficient (Wildman–Crippen LogP) is 5.02. The quantitative estimate of drug-likeness (QED) is 0.319. The van der Waals surface area contributed by atoms with Gasteiger partial charge in [0, 0.05) is 48.5 Å². The van der Waals surface area contributed by atoms with Crippen molar-refractivity contribution in [2.45, 2.75) is 76.0 Å². The summed E-state index contributed by atoms with van der Waals surface area (Å²) in [5.74, 6) is 1.89. The number of hydrogen-bond donors (Lipinski definition) is 2. The van der Waals surface area contributed by atoms with Gasteiger partial charge in [0.05, 0.1) is 6.10 Å². The lowest BCUT2D eigenvalue weighted by atomic mass is 9.90. The van der Waals surface area contributed by atoms with Crippen LogP contribution in [-0.4, -0.2) is 55.3 Å². The van der Waals surface area contributed by atoms with E-state index in [0.29, 0.717) is 36.3 Å². The maximum absolute atomic E-state index is 14.2. The van der Waals surface area contributed by atoms with E-state index >= 15 is 0 Å². The highest BCUT2D eigenvalue weighted by molar-refractivity contribution is 6.04. The smallest absolute Gasteiger partial charge is 0.260 e. The molecule has 3 aliphatic rings. The predicted molar refractivity (Wildman–Crippen MR) is 158 cm³/mol. The summed E-state index contributed by atoms with van der Waals surface area (Å²) >= 11 is 0. The largest absolute Gasteiger partial charge is 0.393 e. The van der Waals surface area contributed by atoms with Gasteiger partial charge in [-0.05, 0) is 111 Å². The van der Waals surface area contributed by atoms with Crippen molar-refractivity contribution >= 4 is 27.8 Å². The van der Waals surface area contributed by atoms with Crippen LogP contribution >= 0.6 is 0 Å². The third-order valence-electron chi connectivity index (χ3n) is 9.27. The first kappa shape index (κ1) is 25.6. The Hall–Kier alpha value is -3.36. The Kier molecular flexibility index (Phi) is 6.97. The number of anilines is 1. The third-order valence-corrected chi connectivity index (χ3v) is 9.27. The van der Waals surface area contributed by atoms with Crippen LogP contribution in [0.2, 0.25) is 0 Å². The summed E-state index contributed by atoms with van der Waals surface area (Å²) in [5, 5.41) is 16.1. The minimum absolute atomic E-state index is 0.0222. The monoisotopic (exact) mass is 538 g/mol. The topological polar surface area (TPSA) is 96.2 Å². The van der Waals surface area contributed by atoms with Crippen LogP contribution in [0.4, 0.5) is 5.95 Å². The van der Waals surface area contributed by atoms with Gasteiger partial charge in [0.2, 0.25) is 5.95 Å². The van der Waals surface area contributed by atoms with E-state index in [9.17, 15) is 9.90 Å². The Balaban J connectivity index is 1.19. The number of piperidine rings is 1. The van der Waals surface area contributed by atoms with E-state index in [0.717, 1.165) is 68.0 Å². The average molecular weight is 539 g/mol.